The number of nitrogens with zero attached hydrogens (tertiary/aromatic N) is 5. The maximum Gasteiger partial charge on any atom is 0.164 e. The van der Waals surface area contributed by atoms with Crippen LogP contribution in [0.1, 0.15) is 0 Å². The van der Waals surface area contributed by atoms with Gasteiger partial charge in [-0.1, -0.05) is 121 Å². The fraction of sp³-hybridized carbons (Fsp3) is 0. The van der Waals surface area contributed by atoms with Crippen molar-refractivity contribution in [2.75, 3.05) is 0 Å². The van der Waals surface area contributed by atoms with Crippen LogP contribution in [0.5, 0.6) is 0 Å². The Morgan fingerprint density at radius 1 is 0.368 bits per heavy atom. The molecule has 0 aliphatic carbocycles. The number of hydrogen-bond donors (Lipinski definition) is 0. The fourth-order valence-corrected chi connectivity index (χ4v) is 10.2. The van der Waals surface area contributed by atoms with Crippen LogP contribution in [0, 0.1) is 0 Å². The zero-order chi connectivity index (χ0) is 37.5. The molecule has 8 heteroatoms. The van der Waals surface area contributed by atoms with E-state index in [1.54, 1.807) is 22.7 Å². The van der Waals surface area contributed by atoms with Gasteiger partial charge >= 0.3 is 0 Å². The Hall–Kier alpha value is -7.13. The molecule has 266 valence electrons. The van der Waals surface area contributed by atoms with Gasteiger partial charge in [-0.15, -0.1) is 22.7 Å². The van der Waals surface area contributed by atoms with Gasteiger partial charge in [-0.3, -0.25) is 0 Å². The predicted octanol–water partition coefficient (Wildman–Crippen LogP) is 13.6. The van der Waals surface area contributed by atoms with Crippen molar-refractivity contribution in [1.29, 1.82) is 0 Å². The van der Waals surface area contributed by atoms with Crippen LogP contribution < -0.4 is 0 Å². The summed E-state index contributed by atoms with van der Waals surface area (Å²) in [6.45, 7) is 0. The Balaban J connectivity index is 1.05. The minimum absolute atomic E-state index is 0.644. The smallest absolute Gasteiger partial charge is 0.164 e. The highest BCUT2D eigenvalue weighted by molar-refractivity contribution is 7.26. The predicted molar refractivity (Wildman–Crippen MR) is 236 cm³/mol. The third-order valence-corrected chi connectivity index (χ3v) is 12.9. The van der Waals surface area contributed by atoms with Crippen LogP contribution in [0.3, 0.4) is 0 Å². The molecular weight excluding hydrogens is 739 g/mol. The minimum Gasteiger partial charge on any atom is -0.456 e. The molecular formula is C49H27N5OS2. The second-order valence-electron chi connectivity index (χ2n) is 14.0. The second-order valence-corrected chi connectivity index (χ2v) is 16.1. The molecule has 5 heterocycles. The van der Waals surface area contributed by atoms with Crippen LogP contribution in [0.15, 0.2) is 168 Å². The number of para-hydroxylation sites is 1. The van der Waals surface area contributed by atoms with Crippen molar-refractivity contribution in [3.8, 4) is 56.8 Å². The molecule has 5 aromatic heterocycles. The van der Waals surface area contributed by atoms with Crippen LogP contribution in [0.4, 0.5) is 0 Å². The first-order chi connectivity index (χ1) is 28.2. The molecule has 57 heavy (non-hydrogen) atoms. The van der Waals surface area contributed by atoms with Crippen molar-refractivity contribution in [2.24, 2.45) is 0 Å². The van der Waals surface area contributed by atoms with E-state index in [4.69, 9.17) is 29.3 Å². The van der Waals surface area contributed by atoms with Gasteiger partial charge in [0.25, 0.3) is 0 Å². The Bertz CT molecular complexity index is 3480. The van der Waals surface area contributed by atoms with Gasteiger partial charge < -0.3 is 4.42 Å². The number of hydrogen-bond acceptors (Lipinski definition) is 8. The zero-order valence-corrected chi connectivity index (χ0v) is 31.7. The Labute approximate surface area is 333 Å². The van der Waals surface area contributed by atoms with Gasteiger partial charge in [-0.25, -0.2) is 24.9 Å². The molecule has 0 unspecified atom stereocenters. The molecule has 6 nitrogen and oxygen atoms in total. The number of aromatic nitrogens is 5. The molecule has 12 aromatic rings. The average Bonchev–Trinajstić information content (AvgIpc) is 3.97. The molecule has 0 saturated heterocycles. The standard InChI is InChI=1S/C49H27N5OS2/c1-3-12-28(13-4-1)46-52-47(29-14-5-2-6-15-29)54-49(53-46)35-18-11-21-40-42(35)33-24-22-30(27-41(33)56-40)43-45-44(34-17-8-10-20-39(34)57-45)51-48(50-43)31-23-25-38-36(26-31)32-16-7-9-19-37(32)55-38/h1-27H. The third kappa shape index (κ3) is 5.26. The molecule has 0 atom stereocenters. The maximum atomic E-state index is 6.16. The topological polar surface area (TPSA) is 77.6 Å². The van der Waals surface area contributed by atoms with Crippen molar-refractivity contribution < 1.29 is 4.42 Å². The summed E-state index contributed by atoms with van der Waals surface area (Å²) in [6, 6.07) is 56.2. The first-order valence-corrected chi connectivity index (χ1v) is 20.3. The van der Waals surface area contributed by atoms with E-state index >= 15 is 0 Å². The van der Waals surface area contributed by atoms with E-state index in [-0.39, 0.29) is 0 Å². The van der Waals surface area contributed by atoms with Gasteiger partial charge in [-0.2, -0.15) is 0 Å². The van der Waals surface area contributed by atoms with Gasteiger partial charge in [0.2, 0.25) is 0 Å². The summed E-state index contributed by atoms with van der Waals surface area (Å²) in [5.41, 5.74) is 8.46. The highest BCUT2D eigenvalue weighted by Crippen LogP contribution is 2.44. The summed E-state index contributed by atoms with van der Waals surface area (Å²) < 4.78 is 10.7. The SMILES string of the molecule is c1ccc(-c2nc(-c3ccccc3)nc(-c3cccc4sc5cc(-c6nc(-c7ccc8oc9ccccc9c8c7)nc7c6sc6ccccc67)ccc5c34)n2)cc1. The largest absolute Gasteiger partial charge is 0.456 e. The van der Waals surface area contributed by atoms with E-state index in [1.165, 1.54) is 9.40 Å². The molecule has 0 aliphatic rings. The highest BCUT2D eigenvalue weighted by atomic mass is 32.1. The number of furan rings is 1. The van der Waals surface area contributed by atoms with Gasteiger partial charge in [0.05, 0.1) is 15.9 Å². The van der Waals surface area contributed by atoms with Crippen molar-refractivity contribution >= 4 is 85.1 Å². The van der Waals surface area contributed by atoms with Crippen LogP contribution in [0.25, 0.3) is 119 Å². The monoisotopic (exact) mass is 765 g/mol. The molecule has 0 saturated carbocycles. The van der Waals surface area contributed by atoms with Gasteiger partial charge in [-0.05, 0) is 42.5 Å². The maximum absolute atomic E-state index is 6.16. The van der Waals surface area contributed by atoms with Crippen molar-refractivity contribution in [1.82, 2.24) is 24.9 Å². The lowest BCUT2D eigenvalue weighted by atomic mass is 10.0. The minimum atomic E-state index is 0.644. The number of fused-ring (bicyclic) bond motifs is 9. The molecule has 12 rings (SSSR count). The zero-order valence-electron chi connectivity index (χ0n) is 30.0. The van der Waals surface area contributed by atoms with E-state index in [2.05, 4.69) is 78.9 Å². The summed E-state index contributed by atoms with van der Waals surface area (Å²) in [4.78, 5) is 25.7. The van der Waals surface area contributed by atoms with Crippen LogP contribution in [-0.2, 0) is 0 Å². The molecule has 0 aliphatic heterocycles. The Kier molecular flexibility index (Phi) is 7.17. The molecule has 0 amide bonds. The van der Waals surface area contributed by atoms with Gasteiger partial charge in [0.1, 0.15) is 11.2 Å². The lowest BCUT2D eigenvalue weighted by Crippen LogP contribution is -2.00. The Morgan fingerprint density at radius 3 is 1.82 bits per heavy atom. The van der Waals surface area contributed by atoms with Crippen LogP contribution in [0.2, 0.25) is 0 Å². The second kappa shape index (κ2) is 12.7. The third-order valence-electron chi connectivity index (χ3n) is 10.6. The van der Waals surface area contributed by atoms with Crippen molar-refractivity contribution in [3.63, 3.8) is 0 Å². The Morgan fingerprint density at radius 2 is 1.02 bits per heavy atom. The summed E-state index contributed by atoms with van der Waals surface area (Å²) in [5, 5.41) is 5.54. The van der Waals surface area contributed by atoms with E-state index in [0.717, 1.165) is 86.5 Å². The van der Waals surface area contributed by atoms with Crippen LogP contribution >= 0.6 is 22.7 Å². The lowest BCUT2D eigenvalue weighted by Gasteiger charge is -2.10. The summed E-state index contributed by atoms with van der Waals surface area (Å²) >= 11 is 3.52. The molecule has 0 fully saturated rings. The summed E-state index contributed by atoms with van der Waals surface area (Å²) in [7, 11) is 0. The summed E-state index contributed by atoms with van der Waals surface area (Å²) in [5.74, 6) is 2.62. The molecule has 0 N–H and O–H groups in total. The van der Waals surface area contributed by atoms with Crippen molar-refractivity contribution in [3.05, 3.63) is 164 Å². The van der Waals surface area contributed by atoms with E-state index in [0.29, 0.717) is 23.3 Å². The summed E-state index contributed by atoms with van der Waals surface area (Å²) in [6.07, 6.45) is 0. The van der Waals surface area contributed by atoms with Crippen molar-refractivity contribution in [2.45, 2.75) is 0 Å². The number of thiophene rings is 2. The molecule has 0 spiro atoms. The van der Waals surface area contributed by atoms with Gasteiger partial charge in [0, 0.05) is 68.8 Å². The first kappa shape index (κ1) is 32.1. The highest BCUT2D eigenvalue weighted by Gasteiger charge is 2.21. The lowest BCUT2D eigenvalue weighted by molar-refractivity contribution is 0.669. The van der Waals surface area contributed by atoms with Crippen LogP contribution in [-0.4, -0.2) is 24.9 Å². The van der Waals surface area contributed by atoms with E-state index < -0.39 is 0 Å². The molecule has 0 bridgehead atoms. The first-order valence-electron chi connectivity index (χ1n) is 18.7. The quantitative estimate of drug-likeness (QED) is 0.174. The fourth-order valence-electron chi connectivity index (χ4n) is 7.87. The number of rotatable bonds is 5. The normalized spacial score (nSPS) is 11.9. The van der Waals surface area contributed by atoms with E-state index in [9.17, 15) is 0 Å². The molecule has 7 aromatic carbocycles. The number of benzene rings is 7. The average molecular weight is 766 g/mol. The van der Waals surface area contributed by atoms with Gasteiger partial charge in [0.15, 0.2) is 23.3 Å². The van der Waals surface area contributed by atoms with E-state index in [1.807, 2.05) is 84.9 Å². The molecule has 0 radical (unpaired) electrons.